The zero-order valence-electron chi connectivity index (χ0n) is 12.0. The molecule has 0 fully saturated rings. The molecule has 1 aromatic rings. The molecule has 1 rings (SSSR count). The molecule has 1 aromatic heterocycles. The number of carbonyl (C=O) groups is 1. The van der Waals surface area contributed by atoms with E-state index < -0.39 is 27.8 Å². The van der Waals surface area contributed by atoms with Crippen LogP contribution in [0.1, 0.15) is 22.5 Å². The van der Waals surface area contributed by atoms with E-state index >= 15 is 0 Å². The lowest BCUT2D eigenvalue weighted by atomic mass is 10.2. The second-order valence-electron chi connectivity index (χ2n) is 4.62. The van der Waals surface area contributed by atoms with Crippen molar-refractivity contribution in [1.82, 2.24) is 14.6 Å². The number of rotatable bonds is 6. The summed E-state index contributed by atoms with van der Waals surface area (Å²) in [7, 11) is -1.86. The molecule has 1 N–H and O–H groups in total. The van der Waals surface area contributed by atoms with Crippen LogP contribution in [0.2, 0.25) is 0 Å². The van der Waals surface area contributed by atoms with E-state index in [2.05, 4.69) is 10.3 Å². The molecule has 0 spiro atoms. The van der Waals surface area contributed by atoms with Gasteiger partial charge in [-0.25, -0.2) is 12.7 Å². The van der Waals surface area contributed by atoms with Crippen LogP contribution in [0.15, 0.2) is 18.3 Å². The van der Waals surface area contributed by atoms with Gasteiger partial charge in [0.1, 0.15) is 5.69 Å². The largest absolute Gasteiger partial charge is 0.433 e. The van der Waals surface area contributed by atoms with Crippen molar-refractivity contribution in [3.63, 3.8) is 0 Å². The topological polar surface area (TPSA) is 79.4 Å². The van der Waals surface area contributed by atoms with E-state index in [-0.39, 0.29) is 18.7 Å². The lowest BCUT2D eigenvalue weighted by Gasteiger charge is -2.13. The summed E-state index contributed by atoms with van der Waals surface area (Å²) in [6.45, 7) is 0.421. The van der Waals surface area contributed by atoms with E-state index in [9.17, 15) is 26.4 Å². The van der Waals surface area contributed by atoms with Crippen LogP contribution in [-0.4, -0.2) is 50.0 Å². The van der Waals surface area contributed by atoms with E-state index in [1.807, 2.05) is 0 Å². The first kappa shape index (κ1) is 18.4. The maximum Gasteiger partial charge on any atom is 0.433 e. The van der Waals surface area contributed by atoms with Crippen LogP contribution in [0.4, 0.5) is 13.2 Å². The molecule has 22 heavy (non-hydrogen) atoms. The van der Waals surface area contributed by atoms with Crippen LogP contribution in [-0.2, 0) is 16.2 Å². The number of alkyl halides is 3. The maximum atomic E-state index is 12.3. The fourth-order valence-electron chi connectivity index (χ4n) is 1.47. The van der Waals surface area contributed by atoms with Crippen molar-refractivity contribution in [2.24, 2.45) is 0 Å². The highest BCUT2D eigenvalue weighted by molar-refractivity contribution is 7.88. The number of amides is 1. The molecule has 0 aliphatic carbocycles. The van der Waals surface area contributed by atoms with Crippen molar-refractivity contribution in [2.45, 2.75) is 12.6 Å². The molecule has 0 aliphatic rings. The Hall–Kier alpha value is -1.68. The Kier molecular flexibility index (Phi) is 5.89. The molecule has 0 aromatic carbocycles. The molecule has 1 amide bonds. The van der Waals surface area contributed by atoms with Gasteiger partial charge in [0.05, 0.1) is 11.8 Å². The third-order valence-electron chi connectivity index (χ3n) is 2.82. The summed E-state index contributed by atoms with van der Waals surface area (Å²) >= 11 is 0. The molecule has 10 heteroatoms. The van der Waals surface area contributed by atoms with Crippen molar-refractivity contribution in [2.75, 3.05) is 26.4 Å². The first-order valence-corrected chi connectivity index (χ1v) is 8.09. The van der Waals surface area contributed by atoms with Gasteiger partial charge in [-0.2, -0.15) is 13.2 Å². The second-order valence-corrected chi connectivity index (χ2v) is 6.71. The van der Waals surface area contributed by atoms with Gasteiger partial charge in [0.15, 0.2) is 0 Å². The SMILES string of the molecule is CN(CCCNC(=O)c1ccc(C(F)(F)F)nc1)S(C)(=O)=O. The van der Waals surface area contributed by atoms with Crippen LogP contribution in [0.25, 0.3) is 0 Å². The Labute approximate surface area is 126 Å². The Morgan fingerprint density at radius 2 is 2.00 bits per heavy atom. The molecule has 124 valence electrons. The van der Waals surface area contributed by atoms with E-state index in [4.69, 9.17) is 0 Å². The first-order chi connectivity index (χ1) is 10.0. The Bertz CT molecular complexity index is 615. The van der Waals surface area contributed by atoms with Gasteiger partial charge in [0, 0.05) is 26.3 Å². The first-order valence-electron chi connectivity index (χ1n) is 6.24. The van der Waals surface area contributed by atoms with E-state index in [0.717, 1.165) is 28.9 Å². The van der Waals surface area contributed by atoms with Gasteiger partial charge in [-0.05, 0) is 18.6 Å². The minimum absolute atomic E-state index is 0.00414. The van der Waals surface area contributed by atoms with E-state index in [1.165, 1.54) is 7.05 Å². The molecule has 0 atom stereocenters. The molecule has 0 saturated carbocycles. The minimum Gasteiger partial charge on any atom is -0.352 e. The fraction of sp³-hybridized carbons (Fsp3) is 0.500. The van der Waals surface area contributed by atoms with Crippen molar-refractivity contribution in [1.29, 1.82) is 0 Å². The Balaban J connectivity index is 2.46. The monoisotopic (exact) mass is 339 g/mol. The quantitative estimate of drug-likeness (QED) is 0.788. The molecular weight excluding hydrogens is 323 g/mol. The summed E-state index contributed by atoms with van der Waals surface area (Å²) in [5.74, 6) is -0.566. The van der Waals surface area contributed by atoms with Gasteiger partial charge < -0.3 is 5.32 Å². The zero-order chi connectivity index (χ0) is 17.0. The van der Waals surface area contributed by atoms with Gasteiger partial charge >= 0.3 is 6.18 Å². The molecule has 1 heterocycles. The second kappa shape index (κ2) is 7.05. The molecular formula is C12H16F3N3O3S. The number of hydrogen-bond acceptors (Lipinski definition) is 4. The molecule has 0 bridgehead atoms. The van der Waals surface area contributed by atoms with E-state index in [1.54, 1.807) is 0 Å². The van der Waals surface area contributed by atoms with Gasteiger partial charge in [0.25, 0.3) is 5.91 Å². The summed E-state index contributed by atoms with van der Waals surface area (Å²) in [5, 5.41) is 2.48. The summed E-state index contributed by atoms with van der Waals surface area (Å²) < 4.78 is 60.4. The van der Waals surface area contributed by atoms with Crippen molar-refractivity contribution in [3.05, 3.63) is 29.6 Å². The van der Waals surface area contributed by atoms with Gasteiger partial charge in [0.2, 0.25) is 10.0 Å². The van der Waals surface area contributed by atoms with Crippen LogP contribution in [0.5, 0.6) is 0 Å². The lowest BCUT2D eigenvalue weighted by molar-refractivity contribution is -0.141. The highest BCUT2D eigenvalue weighted by Crippen LogP contribution is 2.27. The average Bonchev–Trinajstić information content (AvgIpc) is 2.41. The third-order valence-corrected chi connectivity index (χ3v) is 4.13. The molecule has 0 aliphatic heterocycles. The van der Waals surface area contributed by atoms with Gasteiger partial charge in [-0.3, -0.25) is 9.78 Å². The number of halogens is 3. The van der Waals surface area contributed by atoms with Crippen LogP contribution >= 0.6 is 0 Å². The highest BCUT2D eigenvalue weighted by atomic mass is 32.2. The fourth-order valence-corrected chi connectivity index (χ4v) is 1.93. The van der Waals surface area contributed by atoms with Gasteiger partial charge in [-0.15, -0.1) is 0 Å². The minimum atomic E-state index is -4.55. The number of nitrogens with one attached hydrogen (secondary N) is 1. The molecule has 0 unspecified atom stereocenters. The maximum absolute atomic E-state index is 12.3. The Morgan fingerprint density at radius 3 is 2.45 bits per heavy atom. The molecule has 0 radical (unpaired) electrons. The third kappa shape index (κ3) is 5.60. The standard InChI is InChI=1S/C12H16F3N3O3S/c1-18(22(2,20)21)7-3-6-16-11(19)9-4-5-10(17-8-9)12(13,14)15/h4-5,8H,3,6-7H2,1-2H3,(H,16,19). The Morgan fingerprint density at radius 1 is 1.36 bits per heavy atom. The van der Waals surface area contributed by atoms with Crippen LogP contribution in [0, 0.1) is 0 Å². The predicted molar refractivity (Wildman–Crippen MR) is 73.7 cm³/mol. The van der Waals surface area contributed by atoms with Crippen LogP contribution < -0.4 is 5.32 Å². The summed E-state index contributed by atoms with van der Waals surface area (Å²) in [4.78, 5) is 14.9. The number of sulfonamides is 1. The van der Waals surface area contributed by atoms with E-state index in [0.29, 0.717) is 6.42 Å². The zero-order valence-corrected chi connectivity index (χ0v) is 12.8. The smallest absolute Gasteiger partial charge is 0.352 e. The predicted octanol–water partition coefficient (Wildman–Crippen LogP) is 1.11. The molecule has 6 nitrogen and oxygen atoms in total. The van der Waals surface area contributed by atoms with Crippen LogP contribution in [0.3, 0.4) is 0 Å². The van der Waals surface area contributed by atoms with Crippen molar-refractivity contribution >= 4 is 15.9 Å². The number of nitrogens with zero attached hydrogens (tertiary/aromatic N) is 2. The number of hydrogen-bond donors (Lipinski definition) is 1. The number of pyridine rings is 1. The normalized spacial score (nSPS) is 12.5. The number of carbonyl (C=O) groups excluding carboxylic acids is 1. The summed E-state index contributed by atoms with van der Waals surface area (Å²) in [6, 6.07) is 1.76. The summed E-state index contributed by atoms with van der Waals surface area (Å²) in [6.07, 6.45) is -2.26. The average molecular weight is 339 g/mol. The highest BCUT2D eigenvalue weighted by Gasteiger charge is 2.32. The lowest BCUT2D eigenvalue weighted by Crippen LogP contribution is -2.31. The summed E-state index contributed by atoms with van der Waals surface area (Å²) in [5.41, 5.74) is -1.07. The van der Waals surface area contributed by atoms with Crippen molar-refractivity contribution in [3.8, 4) is 0 Å². The molecule has 0 saturated heterocycles. The van der Waals surface area contributed by atoms with Gasteiger partial charge in [-0.1, -0.05) is 0 Å². The van der Waals surface area contributed by atoms with Crippen molar-refractivity contribution < 1.29 is 26.4 Å². The number of aromatic nitrogens is 1.